The minimum Gasteiger partial charge on any atom is -0.485 e. The van der Waals surface area contributed by atoms with E-state index in [1.165, 1.54) is 0 Å². The molecule has 0 spiro atoms. The number of carbonyl (C=O) groups is 1. The van der Waals surface area contributed by atoms with E-state index in [1.807, 2.05) is 19.1 Å². The summed E-state index contributed by atoms with van der Waals surface area (Å²) in [6.45, 7) is 2.12. The van der Waals surface area contributed by atoms with Gasteiger partial charge in [-0.15, -0.1) is 0 Å². The van der Waals surface area contributed by atoms with E-state index in [4.69, 9.17) is 25.8 Å². The Hall–Kier alpha value is -2.20. The first-order valence-corrected chi connectivity index (χ1v) is 7.43. The summed E-state index contributed by atoms with van der Waals surface area (Å²) >= 11 is 6.05. The highest BCUT2D eigenvalue weighted by molar-refractivity contribution is 6.31. The molecule has 0 unspecified atom stereocenters. The van der Waals surface area contributed by atoms with Crippen LogP contribution >= 0.6 is 11.6 Å². The van der Waals surface area contributed by atoms with Gasteiger partial charge in [0.2, 0.25) is 6.10 Å². The Morgan fingerprint density at radius 2 is 2.05 bits per heavy atom. The van der Waals surface area contributed by atoms with Crippen LogP contribution in [0.2, 0.25) is 5.02 Å². The van der Waals surface area contributed by atoms with E-state index in [0.29, 0.717) is 22.3 Å². The molecule has 0 aromatic heterocycles. The van der Waals surface area contributed by atoms with E-state index in [2.05, 4.69) is 0 Å². The fraction of sp³-hybridized carbons (Fsp3) is 0.235. The highest BCUT2D eigenvalue weighted by atomic mass is 35.5. The normalized spacial score (nSPS) is 16.2. The molecule has 4 nitrogen and oxygen atoms in total. The summed E-state index contributed by atoms with van der Waals surface area (Å²) < 4.78 is 16.5. The number of halogens is 1. The quantitative estimate of drug-likeness (QED) is 0.640. The number of hydrogen-bond donors (Lipinski definition) is 0. The van der Waals surface area contributed by atoms with E-state index in [-0.39, 0.29) is 6.61 Å². The highest BCUT2D eigenvalue weighted by Crippen LogP contribution is 2.31. The summed E-state index contributed by atoms with van der Waals surface area (Å²) in [7, 11) is 0. The van der Waals surface area contributed by atoms with Crippen LogP contribution in [0, 0.1) is 0 Å². The van der Waals surface area contributed by atoms with Crippen molar-refractivity contribution in [2.45, 2.75) is 19.4 Å². The zero-order valence-corrected chi connectivity index (χ0v) is 12.8. The van der Waals surface area contributed by atoms with Gasteiger partial charge in [-0.25, -0.2) is 4.79 Å². The molecule has 3 rings (SSSR count). The van der Waals surface area contributed by atoms with E-state index < -0.39 is 12.1 Å². The summed E-state index contributed by atoms with van der Waals surface area (Å²) in [5.74, 6) is 1.14. The Morgan fingerprint density at radius 3 is 2.82 bits per heavy atom. The van der Waals surface area contributed by atoms with Gasteiger partial charge in [-0.3, -0.25) is 0 Å². The molecule has 0 saturated carbocycles. The molecule has 5 heteroatoms. The van der Waals surface area contributed by atoms with Crippen molar-refractivity contribution in [2.75, 3.05) is 6.61 Å². The first kappa shape index (κ1) is 14.7. The van der Waals surface area contributed by atoms with E-state index in [1.54, 1.807) is 30.3 Å². The average molecular weight is 319 g/mol. The Kier molecular flexibility index (Phi) is 4.20. The topological polar surface area (TPSA) is 44.8 Å². The third kappa shape index (κ3) is 3.02. The fourth-order valence-corrected chi connectivity index (χ4v) is 2.45. The van der Waals surface area contributed by atoms with E-state index in [9.17, 15) is 4.79 Å². The minimum atomic E-state index is -0.782. The predicted molar refractivity (Wildman–Crippen MR) is 82.8 cm³/mol. The van der Waals surface area contributed by atoms with Crippen molar-refractivity contribution in [2.24, 2.45) is 0 Å². The SMILES string of the molecule is CCc1cc(OC(=O)[C@@H]2COc3ccccc3O2)ccc1Cl. The molecule has 0 bridgehead atoms. The summed E-state index contributed by atoms with van der Waals surface area (Å²) in [6.07, 6.45) is -0.0173. The number of para-hydroxylation sites is 2. The van der Waals surface area contributed by atoms with Gasteiger partial charge in [-0.2, -0.15) is 0 Å². The lowest BCUT2D eigenvalue weighted by molar-refractivity contribution is -0.144. The summed E-state index contributed by atoms with van der Waals surface area (Å²) in [5, 5.41) is 0.661. The first-order chi connectivity index (χ1) is 10.7. The van der Waals surface area contributed by atoms with Gasteiger partial charge in [0.1, 0.15) is 12.4 Å². The molecule has 114 valence electrons. The van der Waals surface area contributed by atoms with Gasteiger partial charge in [0.15, 0.2) is 11.5 Å². The van der Waals surface area contributed by atoms with Crippen molar-refractivity contribution in [1.29, 1.82) is 0 Å². The molecule has 0 N–H and O–H groups in total. The van der Waals surface area contributed by atoms with Gasteiger partial charge in [0.05, 0.1) is 0 Å². The molecule has 2 aromatic carbocycles. The summed E-state index contributed by atoms with van der Waals surface area (Å²) in [5.41, 5.74) is 0.929. The van der Waals surface area contributed by atoms with E-state index >= 15 is 0 Å². The number of hydrogen-bond acceptors (Lipinski definition) is 4. The second-order valence-electron chi connectivity index (χ2n) is 4.89. The molecule has 1 aliphatic heterocycles. The standard InChI is InChI=1S/C17H15ClO4/c1-2-11-9-12(7-8-13(11)18)21-17(19)16-10-20-14-5-3-4-6-15(14)22-16/h3-9,16H,2,10H2,1H3/t16-/m0/s1. The Morgan fingerprint density at radius 1 is 1.27 bits per heavy atom. The van der Waals surface area contributed by atoms with Crippen molar-refractivity contribution in [3.05, 3.63) is 53.1 Å². The van der Waals surface area contributed by atoms with Crippen LogP contribution < -0.4 is 14.2 Å². The molecule has 22 heavy (non-hydrogen) atoms. The monoisotopic (exact) mass is 318 g/mol. The second-order valence-corrected chi connectivity index (χ2v) is 5.30. The van der Waals surface area contributed by atoms with Crippen LogP contribution in [0.3, 0.4) is 0 Å². The lowest BCUT2D eigenvalue weighted by Gasteiger charge is -2.24. The van der Waals surface area contributed by atoms with Crippen LogP contribution in [0.4, 0.5) is 0 Å². The number of esters is 1. The van der Waals surface area contributed by atoms with Gasteiger partial charge in [-0.1, -0.05) is 30.7 Å². The molecule has 0 aliphatic carbocycles. The maximum atomic E-state index is 12.2. The number of ether oxygens (including phenoxy) is 3. The molecular weight excluding hydrogens is 304 g/mol. The number of carbonyl (C=O) groups excluding carboxylic acids is 1. The van der Waals surface area contributed by atoms with Gasteiger partial charge in [-0.05, 0) is 42.3 Å². The predicted octanol–water partition coefficient (Wildman–Crippen LogP) is 3.65. The number of aryl methyl sites for hydroxylation is 1. The van der Waals surface area contributed by atoms with E-state index in [0.717, 1.165) is 12.0 Å². The summed E-state index contributed by atoms with van der Waals surface area (Å²) in [4.78, 5) is 12.2. The van der Waals surface area contributed by atoms with Crippen LogP contribution in [0.15, 0.2) is 42.5 Å². The maximum Gasteiger partial charge on any atom is 0.356 e. The molecule has 2 aromatic rings. The maximum absolute atomic E-state index is 12.2. The molecule has 1 atom stereocenters. The highest BCUT2D eigenvalue weighted by Gasteiger charge is 2.29. The van der Waals surface area contributed by atoms with Crippen LogP contribution in [-0.2, 0) is 11.2 Å². The van der Waals surface area contributed by atoms with Gasteiger partial charge in [0, 0.05) is 5.02 Å². The largest absolute Gasteiger partial charge is 0.485 e. The molecule has 0 radical (unpaired) electrons. The van der Waals surface area contributed by atoms with Crippen molar-refractivity contribution >= 4 is 17.6 Å². The molecule has 1 heterocycles. The fourth-order valence-electron chi connectivity index (χ4n) is 2.20. The Bertz CT molecular complexity index is 699. The molecule has 0 amide bonds. The molecule has 0 saturated heterocycles. The number of benzene rings is 2. The van der Waals surface area contributed by atoms with Crippen LogP contribution in [0.25, 0.3) is 0 Å². The van der Waals surface area contributed by atoms with Crippen molar-refractivity contribution < 1.29 is 19.0 Å². The summed E-state index contributed by atoms with van der Waals surface area (Å²) in [6, 6.07) is 12.4. The van der Waals surface area contributed by atoms with Crippen LogP contribution in [0.5, 0.6) is 17.2 Å². The average Bonchev–Trinajstić information content (AvgIpc) is 2.56. The Balaban J connectivity index is 1.71. The smallest absolute Gasteiger partial charge is 0.356 e. The second kappa shape index (κ2) is 6.28. The van der Waals surface area contributed by atoms with Crippen LogP contribution in [-0.4, -0.2) is 18.7 Å². The molecular formula is C17H15ClO4. The zero-order valence-electron chi connectivity index (χ0n) is 12.0. The van der Waals surface area contributed by atoms with Crippen molar-refractivity contribution in [3.8, 4) is 17.2 Å². The third-order valence-electron chi connectivity index (χ3n) is 3.39. The van der Waals surface area contributed by atoms with Crippen LogP contribution in [0.1, 0.15) is 12.5 Å². The number of fused-ring (bicyclic) bond motifs is 1. The number of rotatable bonds is 3. The minimum absolute atomic E-state index is 0.129. The lowest BCUT2D eigenvalue weighted by atomic mass is 10.1. The van der Waals surface area contributed by atoms with Gasteiger partial charge >= 0.3 is 5.97 Å². The van der Waals surface area contributed by atoms with Gasteiger partial charge < -0.3 is 14.2 Å². The van der Waals surface area contributed by atoms with Crippen molar-refractivity contribution in [1.82, 2.24) is 0 Å². The third-order valence-corrected chi connectivity index (χ3v) is 3.76. The molecule has 0 fully saturated rings. The van der Waals surface area contributed by atoms with Gasteiger partial charge in [0.25, 0.3) is 0 Å². The van der Waals surface area contributed by atoms with Crippen molar-refractivity contribution in [3.63, 3.8) is 0 Å². The lowest BCUT2D eigenvalue weighted by Crippen LogP contribution is -2.39. The Labute approximate surface area is 133 Å². The molecule has 1 aliphatic rings. The first-order valence-electron chi connectivity index (χ1n) is 7.06. The zero-order chi connectivity index (χ0) is 15.5.